The monoisotopic (exact) mass is 114 g/mol. The normalized spacial score (nSPS) is 18.1. The summed E-state index contributed by atoms with van der Waals surface area (Å²) < 4.78 is 4.43. The molecule has 2 N–H and O–H groups in total. The highest BCUT2D eigenvalue weighted by molar-refractivity contribution is 6.38. The molecule has 0 bridgehead atoms. The number of nitrogens with two attached hydrogens (primary N) is 1. The van der Waals surface area contributed by atoms with Crippen molar-refractivity contribution in [2.24, 2.45) is 10.7 Å². The molecular formula is C4H6N2O2. The number of hydrogen-bond donors (Lipinski definition) is 1. The van der Waals surface area contributed by atoms with Gasteiger partial charge < -0.3 is 10.5 Å². The first-order valence-electron chi connectivity index (χ1n) is 2.25. The molecule has 0 fully saturated rings. The smallest absolute Gasteiger partial charge is 0.355 e. The summed E-state index contributed by atoms with van der Waals surface area (Å²) in [4.78, 5) is 14.0. The van der Waals surface area contributed by atoms with Gasteiger partial charge in [-0.1, -0.05) is 0 Å². The number of carbonyl (C=O) groups is 1. The largest absolute Gasteiger partial charge is 0.438 e. The SMILES string of the molecule is NCC1=NCOC1=O. The van der Waals surface area contributed by atoms with Gasteiger partial charge in [0.1, 0.15) is 5.71 Å². The molecule has 1 aliphatic rings. The van der Waals surface area contributed by atoms with Gasteiger partial charge >= 0.3 is 5.97 Å². The van der Waals surface area contributed by atoms with Crippen LogP contribution in [0.4, 0.5) is 0 Å². The van der Waals surface area contributed by atoms with Crippen molar-refractivity contribution in [2.75, 3.05) is 13.3 Å². The van der Waals surface area contributed by atoms with Gasteiger partial charge in [-0.05, 0) is 0 Å². The van der Waals surface area contributed by atoms with E-state index in [1.54, 1.807) is 0 Å². The van der Waals surface area contributed by atoms with Crippen LogP contribution in [0.5, 0.6) is 0 Å². The van der Waals surface area contributed by atoms with E-state index in [1.807, 2.05) is 0 Å². The maximum Gasteiger partial charge on any atom is 0.355 e. The van der Waals surface area contributed by atoms with Crippen molar-refractivity contribution in [3.05, 3.63) is 0 Å². The maximum atomic E-state index is 10.4. The number of nitrogens with zero attached hydrogens (tertiary/aromatic N) is 1. The predicted molar refractivity (Wildman–Crippen MR) is 27.4 cm³/mol. The summed E-state index contributed by atoms with van der Waals surface area (Å²) in [5.41, 5.74) is 5.43. The molecule has 0 aromatic rings. The zero-order valence-electron chi connectivity index (χ0n) is 4.26. The third kappa shape index (κ3) is 0.696. The summed E-state index contributed by atoms with van der Waals surface area (Å²) in [5, 5.41) is 0. The van der Waals surface area contributed by atoms with Gasteiger partial charge in [0.05, 0.1) is 0 Å². The Labute approximate surface area is 46.3 Å². The topological polar surface area (TPSA) is 64.7 Å². The predicted octanol–water partition coefficient (Wildman–Crippen LogP) is -1.10. The maximum absolute atomic E-state index is 10.4. The molecule has 0 radical (unpaired) electrons. The van der Waals surface area contributed by atoms with Crippen LogP contribution in [0.15, 0.2) is 4.99 Å². The van der Waals surface area contributed by atoms with E-state index < -0.39 is 0 Å². The minimum absolute atomic E-state index is 0.144. The minimum Gasteiger partial charge on any atom is -0.438 e. The molecule has 0 atom stereocenters. The second-order valence-electron chi connectivity index (χ2n) is 1.37. The summed E-state index contributed by atoms with van der Waals surface area (Å²) in [6.45, 7) is 0.324. The van der Waals surface area contributed by atoms with Crippen LogP contribution in [0.3, 0.4) is 0 Å². The standard InChI is InChI=1S/C4H6N2O2/c5-1-3-4(7)8-2-6-3/h1-2,5H2. The molecule has 1 aliphatic heterocycles. The Kier molecular flexibility index (Phi) is 1.26. The van der Waals surface area contributed by atoms with Crippen LogP contribution in [0.25, 0.3) is 0 Å². The molecule has 0 aromatic heterocycles. The minimum atomic E-state index is -0.382. The molecule has 44 valence electrons. The fourth-order valence-corrected chi connectivity index (χ4v) is 0.465. The number of cyclic esters (lactones) is 1. The van der Waals surface area contributed by atoms with E-state index >= 15 is 0 Å². The van der Waals surface area contributed by atoms with Crippen molar-refractivity contribution in [1.29, 1.82) is 0 Å². The fraction of sp³-hybridized carbons (Fsp3) is 0.500. The van der Waals surface area contributed by atoms with Crippen molar-refractivity contribution >= 4 is 11.7 Å². The molecule has 1 heterocycles. The number of aliphatic imine (C=N–C) groups is 1. The number of hydrogen-bond acceptors (Lipinski definition) is 4. The van der Waals surface area contributed by atoms with Crippen molar-refractivity contribution in [1.82, 2.24) is 0 Å². The van der Waals surface area contributed by atoms with Crippen molar-refractivity contribution in [2.45, 2.75) is 0 Å². The van der Waals surface area contributed by atoms with E-state index in [4.69, 9.17) is 5.73 Å². The van der Waals surface area contributed by atoms with E-state index in [-0.39, 0.29) is 19.2 Å². The van der Waals surface area contributed by atoms with Gasteiger partial charge in [0.15, 0.2) is 6.73 Å². The first-order valence-corrected chi connectivity index (χ1v) is 2.25. The van der Waals surface area contributed by atoms with E-state index in [0.717, 1.165) is 0 Å². The summed E-state index contributed by atoms with van der Waals surface area (Å²) in [5.74, 6) is -0.382. The molecule has 0 aromatic carbocycles. The van der Waals surface area contributed by atoms with Crippen LogP contribution in [-0.2, 0) is 9.53 Å². The van der Waals surface area contributed by atoms with Gasteiger partial charge in [0.25, 0.3) is 0 Å². The Bertz CT molecular complexity index is 141. The molecule has 0 unspecified atom stereocenters. The van der Waals surface area contributed by atoms with Gasteiger partial charge in [0, 0.05) is 6.54 Å². The lowest BCUT2D eigenvalue weighted by atomic mass is 10.4. The molecule has 0 saturated carbocycles. The Morgan fingerprint density at radius 2 is 2.62 bits per heavy atom. The van der Waals surface area contributed by atoms with Crippen LogP contribution in [0, 0.1) is 0 Å². The zero-order valence-corrected chi connectivity index (χ0v) is 4.26. The number of esters is 1. The second kappa shape index (κ2) is 1.92. The van der Waals surface area contributed by atoms with Crippen molar-refractivity contribution in [3.8, 4) is 0 Å². The van der Waals surface area contributed by atoms with E-state index in [1.165, 1.54) is 0 Å². The number of carbonyl (C=O) groups excluding carboxylic acids is 1. The molecule has 0 aliphatic carbocycles. The Balaban J connectivity index is 2.62. The molecule has 4 nitrogen and oxygen atoms in total. The Hall–Kier alpha value is -0.900. The average Bonchev–Trinajstić information content (AvgIpc) is 2.14. The fourth-order valence-electron chi connectivity index (χ4n) is 0.465. The summed E-state index contributed by atoms with van der Waals surface area (Å²) in [7, 11) is 0. The Morgan fingerprint density at radius 3 is 2.88 bits per heavy atom. The quantitative estimate of drug-likeness (QED) is 0.440. The van der Waals surface area contributed by atoms with Crippen LogP contribution in [-0.4, -0.2) is 25.0 Å². The third-order valence-corrected chi connectivity index (χ3v) is 0.880. The van der Waals surface area contributed by atoms with Gasteiger partial charge in [-0.3, -0.25) is 0 Å². The number of rotatable bonds is 1. The third-order valence-electron chi connectivity index (χ3n) is 0.880. The van der Waals surface area contributed by atoms with Gasteiger partial charge in [-0.15, -0.1) is 0 Å². The summed E-state index contributed by atoms with van der Waals surface area (Å²) >= 11 is 0. The molecule has 1 rings (SSSR count). The molecular weight excluding hydrogens is 108 g/mol. The van der Waals surface area contributed by atoms with Crippen LogP contribution in [0.1, 0.15) is 0 Å². The lowest BCUT2D eigenvalue weighted by Gasteiger charge is -1.86. The van der Waals surface area contributed by atoms with Crippen LogP contribution >= 0.6 is 0 Å². The molecule has 4 heteroatoms. The highest BCUT2D eigenvalue weighted by Crippen LogP contribution is 1.92. The van der Waals surface area contributed by atoms with Crippen molar-refractivity contribution < 1.29 is 9.53 Å². The second-order valence-corrected chi connectivity index (χ2v) is 1.37. The highest BCUT2D eigenvalue weighted by atomic mass is 16.5. The first kappa shape index (κ1) is 5.24. The Morgan fingerprint density at radius 1 is 1.88 bits per heavy atom. The molecule has 0 amide bonds. The lowest BCUT2D eigenvalue weighted by molar-refractivity contribution is -0.133. The van der Waals surface area contributed by atoms with E-state index in [0.29, 0.717) is 5.71 Å². The van der Waals surface area contributed by atoms with Crippen LogP contribution < -0.4 is 5.73 Å². The average molecular weight is 114 g/mol. The molecule has 0 spiro atoms. The zero-order chi connectivity index (χ0) is 5.98. The summed E-state index contributed by atoms with van der Waals surface area (Å²) in [6.07, 6.45) is 0. The lowest BCUT2D eigenvalue weighted by Crippen LogP contribution is -2.20. The van der Waals surface area contributed by atoms with Gasteiger partial charge in [0.2, 0.25) is 0 Å². The van der Waals surface area contributed by atoms with E-state index in [2.05, 4.69) is 9.73 Å². The van der Waals surface area contributed by atoms with Gasteiger partial charge in [-0.2, -0.15) is 0 Å². The summed E-state index contributed by atoms with van der Waals surface area (Å²) in [6, 6.07) is 0. The highest BCUT2D eigenvalue weighted by Gasteiger charge is 2.15. The van der Waals surface area contributed by atoms with E-state index in [9.17, 15) is 4.79 Å². The molecule has 0 saturated heterocycles. The number of ether oxygens (including phenoxy) is 1. The van der Waals surface area contributed by atoms with Crippen LogP contribution in [0.2, 0.25) is 0 Å². The van der Waals surface area contributed by atoms with Gasteiger partial charge in [-0.25, -0.2) is 9.79 Å². The molecule has 8 heavy (non-hydrogen) atoms. The first-order chi connectivity index (χ1) is 3.84. The van der Waals surface area contributed by atoms with Crippen molar-refractivity contribution in [3.63, 3.8) is 0 Å².